The molecule has 78 valence electrons. The van der Waals surface area contributed by atoms with Crippen LogP contribution in [0.1, 0.15) is 11.3 Å². The Morgan fingerprint density at radius 1 is 1.79 bits per heavy atom. The van der Waals surface area contributed by atoms with Gasteiger partial charge in [-0.25, -0.2) is 0 Å². The van der Waals surface area contributed by atoms with Crippen molar-refractivity contribution < 1.29 is 9.90 Å². The molecule has 0 aliphatic carbocycles. The maximum absolute atomic E-state index is 10.7. The van der Waals surface area contributed by atoms with E-state index in [1.54, 1.807) is 4.68 Å². The monoisotopic (exact) mass is 197 g/mol. The molecule has 0 saturated heterocycles. The second-order valence-electron chi connectivity index (χ2n) is 3.41. The van der Waals surface area contributed by atoms with Crippen LogP contribution in [0.5, 0.6) is 0 Å². The molecule has 1 atom stereocenters. The van der Waals surface area contributed by atoms with Gasteiger partial charge in [-0.1, -0.05) is 0 Å². The minimum Gasteiger partial charge on any atom is -0.481 e. The summed E-state index contributed by atoms with van der Waals surface area (Å²) in [7, 11) is 1.81. The van der Waals surface area contributed by atoms with Crippen molar-refractivity contribution in [3.63, 3.8) is 0 Å². The zero-order valence-corrected chi connectivity index (χ0v) is 8.40. The van der Waals surface area contributed by atoms with E-state index >= 15 is 0 Å². The summed E-state index contributed by atoms with van der Waals surface area (Å²) in [6.07, 6.45) is 2.27. The average Bonchev–Trinajstić information content (AvgIpc) is 2.40. The molecule has 0 aliphatic rings. The highest BCUT2D eigenvalue weighted by molar-refractivity contribution is 5.70. The lowest BCUT2D eigenvalue weighted by molar-refractivity contribution is -0.141. The molecule has 0 bridgehead atoms. The third-order valence-corrected chi connectivity index (χ3v) is 2.19. The Kier molecular flexibility index (Phi) is 3.24. The van der Waals surface area contributed by atoms with Gasteiger partial charge in [-0.2, -0.15) is 5.10 Å². The molecule has 0 spiro atoms. The van der Waals surface area contributed by atoms with Gasteiger partial charge in [0.1, 0.15) is 0 Å². The summed E-state index contributed by atoms with van der Waals surface area (Å²) in [4.78, 5) is 10.7. The summed E-state index contributed by atoms with van der Waals surface area (Å²) in [5.41, 5.74) is 7.18. The van der Waals surface area contributed by atoms with Crippen molar-refractivity contribution in [2.24, 2.45) is 18.7 Å². The number of carboxylic acid groups (broad SMARTS) is 1. The van der Waals surface area contributed by atoms with Gasteiger partial charge in [-0.3, -0.25) is 9.48 Å². The fourth-order valence-corrected chi connectivity index (χ4v) is 1.36. The molecule has 0 saturated carbocycles. The smallest absolute Gasteiger partial charge is 0.308 e. The van der Waals surface area contributed by atoms with Gasteiger partial charge in [0, 0.05) is 26.2 Å². The number of nitrogens with zero attached hydrogens (tertiary/aromatic N) is 2. The molecular weight excluding hydrogens is 182 g/mol. The van der Waals surface area contributed by atoms with Crippen LogP contribution in [0, 0.1) is 12.8 Å². The van der Waals surface area contributed by atoms with E-state index in [9.17, 15) is 4.79 Å². The number of carbonyl (C=O) groups is 1. The Labute approximate surface area is 82.5 Å². The first kappa shape index (κ1) is 10.7. The number of aromatic nitrogens is 2. The van der Waals surface area contributed by atoms with Gasteiger partial charge >= 0.3 is 5.97 Å². The lowest BCUT2D eigenvalue weighted by atomic mass is 10.0. The van der Waals surface area contributed by atoms with Crippen molar-refractivity contribution in [2.75, 3.05) is 6.54 Å². The number of carboxylic acids is 1. The zero-order valence-electron chi connectivity index (χ0n) is 8.40. The Bertz CT molecular complexity index is 333. The maximum Gasteiger partial charge on any atom is 0.308 e. The molecule has 0 amide bonds. The quantitative estimate of drug-likeness (QED) is 0.708. The zero-order chi connectivity index (χ0) is 10.7. The highest BCUT2D eigenvalue weighted by atomic mass is 16.4. The van der Waals surface area contributed by atoms with Crippen molar-refractivity contribution in [3.8, 4) is 0 Å². The van der Waals surface area contributed by atoms with Crippen LogP contribution < -0.4 is 5.73 Å². The van der Waals surface area contributed by atoms with E-state index in [0.29, 0.717) is 6.42 Å². The molecule has 1 aromatic heterocycles. The van der Waals surface area contributed by atoms with Gasteiger partial charge < -0.3 is 10.8 Å². The van der Waals surface area contributed by atoms with Crippen LogP contribution in [-0.4, -0.2) is 27.4 Å². The van der Waals surface area contributed by atoms with Crippen molar-refractivity contribution in [1.82, 2.24) is 9.78 Å². The summed E-state index contributed by atoms with van der Waals surface area (Å²) in [6, 6.07) is 0. The first-order valence-corrected chi connectivity index (χ1v) is 4.46. The molecule has 1 heterocycles. The summed E-state index contributed by atoms with van der Waals surface area (Å²) in [6.45, 7) is 2.06. The Morgan fingerprint density at radius 3 is 2.79 bits per heavy atom. The summed E-state index contributed by atoms with van der Waals surface area (Å²) in [5.74, 6) is -1.40. The van der Waals surface area contributed by atoms with Crippen LogP contribution >= 0.6 is 0 Å². The molecule has 5 heteroatoms. The second kappa shape index (κ2) is 4.23. The van der Waals surface area contributed by atoms with Gasteiger partial charge in [0.2, 0.25) is 0 Å². The van der Waals surface area contributed by atoms with E-state index in [0.717, 1.165) is 11.3 Å². The SMILES string of the molecule is Cc1cn(C)nc1CC(CN)C(=O)O. The minimum atomic E-state index is -0.863. The minimum absolute atomic E-state index is 0.144. The Balaban J connectivity index is 2.76. The highest BCUT2D eigenvalue weighted by Crippen LogP contribution is 2.10. The van der Waals surface area contributed by atoms with Crippen molar-refractivity contribution in [1.29, 1.82) is 0 Å². The van der Waals surface area contributed by atoms with Crippen LogP contribution in [0.3, 0.4) is 0 Å². The van der Waals surface area contributed by atoms with Crippen LogP contribution in [0.4, 0.5) is 0 Å². The molecule has 5 nitrogen and oxygen atoms in total. The third-order valence-electron chi connectivity index (χ3n) is 2.19. The first-order valence-electron chi connectivity index (χ1n) is 4.46. The molecule has 1 aromatic rings. The number of hydrogen-bond donors (Lipinski definition) is 2. The average molecular weight is 197 g/mol. The molecule has 3 N–H and O–H groups in total. The maximum atomic E-state index is 10.7. The highest BCUT2D eigenvalue weighted by Gasteiger charge is 2.18. The fraction of sp³-hybridized carbons (Fsp3) is 0.556. The van der Waals surface area contributed by atoms with Crippen molar-refractivity contribution in [3.05, 3.63) is 17.5 Å². The third kappa shape index (κ3) is 2.32. The van der Waals surface area contributed by atoms with E-state index in [1.165, 1.54) is 0 Å². The molecule has 14 heavy (non-hydrogen) atoms. The molecule has 0 aromatic carbocycles. The summed E-state index contributed by atoms with van der Waals surface area (Å²) in [5, 5.41) is 13.0. The van der Waals surface area contributed by atoms with Gasteiger partial charge in [0.15, 0.2) is 0 Å². The molecular formula is C9H15N3O2. The summed E-state index contributed by atoms with van der Waals surface area (Å²) < 4.78 is 1.68. The molecule has 0 aliphatic heterocycles. The van der Waals surface area contributed by atoms with Crippen LogP contribution in [0.2, 0.25) is 0 Å². The molecule has 1 unspecified atom stereocenters. The fourth-order valence-electron chi connectivity index (χ4n) is 1.36. The lowest BCUT2D eigenvalue weighted by Crippen LogP contribution is -2.25. The predicted molar refractivity (Wildman–Crippen MR) is 51.8 cm³/mol. The van der Waals surface area contributed by atoms with Crippen LogP contribution in [0.25, 0.3) is 0 Å². The van der Waals surface area contributed by atoms with Crippen LogP contribution in [0.15, 0.2) is 6.20 Å². The van der Waals surface area contributed by atoms with Crippen LogP contribution in [-0.2, 0) is 18.3 Å². The van der Waals surface area contributed by atoms with Crippen molar-refractivity contribution in [2.45, 2.75) is 13.3 Å². The van der Waals surface area contributed by atoms with E-state index in [4.69, 9.17) is 10.8 Å². The molecule has 0 radical (unpaired) electrons. The summed E-state index contributed by atoms with van der Waals surface area (Å²) >= 11 is 0. The number of aliphatic carboxylic acids is 1. The Morgan fingerprint density at radius 2 is 2.43 bits per heavy atom. The lowest BCUT2D eigenvalue weighted by Gasteiger charge is -2.07. The topological polar surface area (TPSA) is 81.1 Å². The number of nitrogens with two attached hydrogens (primary N) is 1. The number of hydrogen-bond acceptors (Lipinski definition) is 3. The second-order valence-corrected chi connectivity index (χ2v) is 3.41. The molecule has 1 rings (SSSR count). The first-order chi connectivity index (χ1) is 6.54. The Hall–Kier alpha value is -1.36. The van der Waals surface area contributed by atoms with E-state index < -0.39 is 11.9 Å². The van der Waals surface area contributed by atoms with E-state index in [-0.39, 0.29) is 6.54 Å². The number of rotatable bonds is 4. The predicted octanol–water partition coefficient (Wildman–Crippen LogP) is -0.0695. The van der Waals surface area contributed by atoms with Crippen molar-refractivity contribution >= 4 is 5.97 Å². The largest absolute Gasteiger partial charge is 0.481 e. The van der Waals surface area contributed by atoms with Gasteiger partial charge in [-0.15, -0.1) is 0 Å². The van der Waals surface area contributed by atoms with E-state index in [2.05, 4.69) is 5.10 Å². The van der Waals surface area contributed by atoms with Gasteiger partial charge in [-0.05, 0) is 12.5 Å². The normalized spacial score (nSPS) is 12.8. The molecule has 0 fully saturated rings. The standard InChI is InChI=1S/C9H15N3O2/c1-6-5-12(2)11-8(6)3-7(4-10)9(13)14/h5,7H,3-4,10H2,1-2H3,(H,13,14). The van der Waals surface area contributed by atoms with Gasteiger partial charge in [0.25, 0.3) is 0 Å². The van der Waals surface area contributed by atoms with Gasteiger partial charge in [0.05, 0.1) is 11.6 Å². The number of aryl methyl sites for hydroxylation is 2. The van der Waals surface area contributed by atoms with E-state index in [1.807, 2.05) is 20.2 Å².